The quantitative estimate of drug-likeness (QED) is 0.382. The highest BCUT2D eigenvalue weighted by atomic mass is 32.1. The molecule has 0 spiro atoms. The minimum atomic E-state index is 0.492. The highest BCUT2D eigenvalue weighted by molar-refractivity contribution is 7.21. The van der Waals surface area contributed by atoms with Gasteiger partial charge in [-0.2, -0.15) is 10.7 Å². The molecule has 16 heavy (non-hydrogen) atoms. The van der Waals surface area contributed by atoms with Crippen LogP contribution in [-0.4, -0.2) is 12.1 Å². The largest absolute Gasteiger partial charge is 0.497 e. The van der Waals surface area contributed by atoms with Crippen molar-refractivity contribution >= 4 is 26.7 Å². The van der Waals surface area contributed by atoms with Crippen LogP contribution in [0.3, 0.4) is 0 Å². The summed E-state index contributed by atoms with van der Waals surface area (Å²) < 4.78 is 6.06. The zero-order chi connectivity index (χ0) is 11.4. The van der Waals surface area contributed by atoms with E-state index >= 15 is 0 Å². The zero-order valence-corrected chi connectivity index (χ0v) is 9.15. The van der Waals surface area contributed by atoms with E-state index in [1.165, 1.54) is 11.3 Å². The summed E-state index contributed by atoms with van der Waals surface area (Å²) in [6.07, 6.45) is 1.64. The topological polar surface area (TPSA) is 82.7 Å². The van der Waals surface area contributed by atoms with Gasteiger partial charge in [-0.3, -0.25) is 0 Å². The number of thiazole rings is 1. The summed E-state index contributed by atoms with van der Waals surface area (Å²) in [4.78, 5) is 4.21. The van der Waals surface area contributed by atoms with Crippen molar-refractivity contribution in [2.45, 2.75) is 0 Å². The monoisotopic (exact) mass is 233 g/mol. The van der Waals surface area contributed by atoms with E-state index in [1.807, 2.05) is 18.2 Å². The molecule has 0 saturated heterocycles. The van der Waals surface area contributed by atoms with Gasteiger partial charge < -0.3 is 4.74 Å². The van der Waals surface area contributed by atoms with Crippen molar-refractivity contribution in [3.05, 3.63) is 18.2 Å². The fraction of sp³-hybridized carbons (Fsp3) is 0.111. The van der Waals surface area contributed by atoms with Crippen LogP contribution in [0.2, 0.25) is 0 Å². The lowest BCUT2D eigenvalue weighted by molar-refractivity contribution is 0.415. The molecule has 0 aliphatic carbocycles. The maximum Gasteiger partial charge on any atom is 0.232 e. The number of ether oxygens (including phenoxy) is 1. The van der Waals surface area contributed by atoms with Crippen LogP contribution in [0.4, 0.5) is 5.13 Å². The van der Waals surface area contributed by atoms with Gasteiger partial charge in [0.2, 0.25) is 5.13 Å². The molecule has 1 aromatic carbocycles. The van der Waals surface area contributed by atoms with Crippen LogP contribution < -0.4 is 10.2 Å². The first-order chi connectivity index (χ1) is 7.83. The SMILES string of the molecule is COc1ccc2nc(/N=N/NC#N)sc2c1. The van der Waals surface area contributed by atoms with Gasteiger partial charge >= 0.3 is 0 Å². The van der Waals surface area contributed by atoms with Crippen molar-refractivity contribution in [2.24, 2.45) is 10.3 Å². The fourth-order valence-corrected chi connectivity index (χ4v) is 1.97. The third-order valence-corrected chi connectivity index (χ3v) is 2.72. The number of nitriles is 1. The molecule has 0 aliphatic heterocycles. The summed E-state index contributed by atoms with van der Waals surface area (Å²) in [6, 6.07) is 5.56. The third kappa shape index (κ3) is 2.07. The third-order valence-electron chi connectivity index (χ3n) is 1.82. The van der Waals surface area contributed by atoms with Crippen molar-refractivity contribution in [2.75, 3.05) is 7.11 Å². The van der Waals surface area contributed by atoms with E-state index in [0.29, 0.717) is 5.13 Å². The minimum absolute atomic E-state index is 0.492. The molecule has 0 saturated carbocycles. The van der Waals surface area contributed by atoms with Crippen molar-refractivity contribution in [1.82, 2.24) is 10.4 Å². The predicted molar refractivity (Wildman–Crippen MR) is 59.4 cm³/mol. The van der Waals surface area contributed by atoms with Crippen LogP contribution in [0.5, 0.6) is 5.75 Å². The molecule has 0 radical (unpaired) electrons. The number of nitrogens with zero attached hydrogens (tertiary/aromatic N) is 4. The molecule has 0 amide bonds. The molecular weight excluding hydrogens is 226 g/mol. The lowest BCUT2D eigenvalue weighted by Crippen LogP contribution is -1.88. The summed E-state index contributed by atoms with van der Waals surface area (Å²) in [5.74, 6) is 0.773. The van der Waals surface area contributed by atoms with Gasteiger partial charge in [0.1, 0.15) is 5.75 Å². The van der Waals surface area contributed by atoms with Gasteiger partial charge in [-0.05, 0) is 18.2 Å². The number of hydrogen-bond acceptors (Lipinski definition) is 6. The lowest BCUT2D eigenvalue weighted by atomic mass is 10.3. The Bertz CT molecular complexity index is 571. The molecule has 0 bridgehead atoms. The molecule has 0 atom stereocenters. The maximum atomic E-state index is 8.20. The summed E-state index contributed by atoms with van der Waals surface area (Å²) in [6.45, 7) is 0. The van der Waals surface area contributed by atoms with E-state index in [1.54, 1.807) is 13.3 Å². The van der Waals surface area contributed by atoms with Crippen molar-refractivity contribution in [3.8, 4) is 11.9 Å². The molecule has 80 valence electrons. The van der Waals surface area contributed by atoms with E-state index < -0.39 is 0 Å². The van der Waals surface area contributed by atoms with E-state index in [2.05, 4.69) is 20.7 Å². The number of rotatable bonds is 3. The number of fused-ring (bicyclic) bond motifs is 1. The van der Waals surface area contributed by atoms with Gasteiger partial charge in [-0.15, -0.1) is 0 Å². The first kappa shape index (κ1) is 10.3. The molecule has 1 aromatic heterocycles. The Morgan fingerprint density at radius 1 is 1.56 bits per heavy atom. The molecule has 2 aromatic rings. The second kappa shape index (κ2) is 4.55. The van der Waals surface area contributed by atoms with Gasteiger partial charge in [0.25, 0.3) is 0 Å². The Hall–Kier alpha value is -2.20. The van der Waals surface area contributed by atoms with Gasteiger partial charge in [0.15, 0.2) is 6.19 Å². The summed E-state index contributed by atoms with van der Waals surface area (Å²) >= 11 is 1.38. The Kier molecular flexibility index (Phi) is 2.93. The van der Waals surface area contributed by atoms with Gasteiger partial charge in [0, 0.05) is 0 Å². The highest BCUT2D eigenvalue weighted by Crippen LogP contribution is 2.30. The molecule has 0 aliphatic rings. The Morgan fingerprint density at radius 3 is 3.19 bits per heavy atom. The van der Waals surface area contributed by atoms with Gasteiger partial charge in [-0.25, -0.2) is 4.98 Å². The van der Waals surface area contributed by atoms with E-state index in [-0.39, 0.29) is 0 Å². The number of aromatic nitrogens is 1. The van der Waals surface area contributed by atoms with Crippen LogP contribution in [0.25, 0.3) is 10.2 Å². The smallest absolute Gasteiger partial charge is 0.232 e. The average molecular weight is 233 g/mol. The van der Waals surface area contributed by atoms with E-state index in [4.69, 9.17) is 10.00 Å². The van der Waals surface area contributed by atoms with Crippen LogP contribution in [0.1, 0.15) is 0 Å². The second-order valence-corrected chi connectivity index (χ2v) is 3.76. The van der Waals surface area contributed by atoms with Crippen LogP contribution in [0, 0.1) is 11.5 Å². The summed E-state index contributed by atoms with van der Waals surface area (Å²) in [5, 5.41) is 15.9. The van der Waals surface area contributed by atoms with Crippen molar-refractivity contribution in [1.29, 1.82) is 5.26 Å². The Morgan fingerprint density at radius 2 is 2.44 bits per heavy atom. The molecule has 1 heterocycles. The number of nitrogens with one attached hydrogen (secondary N) is 1. The first-order valence-corrected chi connectivity index (χ1v) is 5.14. The molecule has 2 rings (SSSR count). The maximum absolute atomic E-state index is 8.20. The van der Waals surface area contributed by atoms with Gasteiger partial charge in [0.05, 0.1) is 17.3 Å². The van der Waals surface area contributed by atoms with Crippen molar-refractivity contribution in [3.63, 3.8) is 0 Å². The molecule has 0 unspecified atom stereocenters. The minimum Gasteiger partial charge on any atom is -0.497 e. The first-order valence-electron chi connectivity index (χ1n) is 4.33. The van der Waals surface area contributed by atoms with Gasteiger partial charge in [-0.1, -0.05) is 21.7 Å². The number of hydrogen-bond donors (Lipinski definition) is 1. The predicted octanol–water partition coefficient (Wildman–Crippen LogP) is 2.37. The molecular formula is C9H7N5OS. The molecule has 6 nitrogen and oxygen atoms in total. The highest BCUT2D eigenvalue weighted by Gasteiger charge is 2.03. The van der Waals surface area contributed by atoms with Crippen LogP contribution >= 0.6 is 11.3 Å². The van der Waals surface area contributed by atoms with E-state index in [9.17, 15) is 0 Å². The van der Waals surface area contributed by atoms with Crippen LogP contribution in [0.15, 0.2) is 28.5 Å². The summed E-state index contributed by atoms with van der Waals surface area (Å²) in [7, 11) is 1.61. The molecule has 0 fully saturated rings. The van der Waals surface area contributed by atoms with Crippen molar-refractivity contribution < 1.29 is 4.74 Å². The average Bonchev–Trinajstić information content (AvgIpc) is 2.70. The Balaban J connectivity index is 2.33. The molecule has 1 N–H and O–H groups in total. The van der Waals surface area contributed by atoms with Crippen LogP contribution in [-0.2, 0) is 0 Å². The lowest BCUT2D eigenvalue weighted by Gasteiger charge is -1.96. The van der Waals surface area contributed by atoms with E-state index in [0.717, 1.165) is 16.0 Å². The molecule has 7 heteroatoms. The normalized spacial score (nSPS) is 10.5. The zero-order valence-electron chi connectivity index (χ0n) is 8.34. The summed E-state index contributed by atoms with van der Waals surface area (Å²) in [5.41, 5.74) is 2.90. The fourth-order valence-electron chi connectivity index (χ4n) is 1.15. The standard InChI is InChI=1S/C9H7N5OS/c1-15-6-2-3-7-8(4-6)16-9(12-7)13-14-11-5-10/h2-4H,1H3,(H,11,12,13). The Labute approximate surface area is 95.2 Å². The number of benzene rings is 1. The second-order valence-electron chi connectivity index (χ2n) is 2.75. The number of methoxy groups -OCH3 is 1.